The molecule has 1 fully saturated rings. The Morgan fingerprint density at radius 3 is 1.73 bits per heavy atom. The van der Waals surface area contributed by atoms with Gasteiger partial charge in [0.2, 0.25) is 0 Å². The lowest BCUT2D eigenvalue weighted by Crippen LogP contribution is -2.24. The molecule has 1 saturated carbocycles. The molecule has 0 radical (unpaired) electrons. The highest BCUT2D eigenvalue weighted by molar-refractivity contribution is 5.12. The van der Waals surface area contributed by atoms with Crippen LogP contribution < -0.4 is 5.73 Å². The van der Waals surface area contributed by atoms with E-state index in [-0.39, 0.29) is 5.54 Å². The number of rotatable bonds is 2. The molecule has 1 aliphatic rings. The average Bonchev–Trinajstić information content (AvgIpc) is 2.32. The lowest BCUT2D eigenvalue weighted by Gasteiger charge is -2.16. The standard InChI is InChI=1S/C10H21N/c1-6(2)7(3)9-8(4)10(9,5)11/h6-9H,11H2,1-5H3. The van der Waals surface area contributed by atoms with Gasteiger partial charge in [0.15, 0.2) is 0 Å². The van der Waals surface area contributed by atoms with Crippen molar-refractivity contribution in [3.8, 4) is 0 Å². The van der Waals surface area contributed by atoms with Crippen molar-refractivity contribution in [1.82, 2.24) is 0 Å². The Hall–Kier alpha value is -0.0400. The molecule has 0 aliphatic heterocycles. The van der Waals surface area contributed by atoms with Gasteiger partial charge in [-0.05, 0) is 30.6 Å². The van der Waals surface area contributed by atoms with Crippen LogP contribution in [0, 0.1) is 23.7 Å². The second kappa shape index (κ2) is 2.48. The third-order valence-electron chi connectivity index (χ3n) is 3.75. The first-order chi connectivity index (χ1) is 4.89. The highest BCUT2D eigenvalue weighted by atomic mass is 14.9. The molecule has 4 unspecified atom stereocenters. The Labute approximate surface area is 70.4 Å². The second-order valence-electron chi connectivity index (χ2n) is 4.78. The summed E-state index contributed by atoms with van der Waals surface area (Å²) in [6.45, 7) is 11.3. The summed E-state index contributed by atoms with van der Waals surface area (Å²) in [5, 5.41) is 0. The van der Waals surface area contributed by atoms with Crippen molar-refractivity contribution in [2.45, 2.75) is 40.2 Å². The molecular weight excluding hydrogens is 134 g/mol. The molecule has 1 nitrogen and oxygen atoms in total. The van der Waals surface area contributed by atoms with Gasteiger partial charge in [0, 0.05) is 5.54 Å². The topological polar surface area (TPSA) is 26.0 Å². The van der Waals surface area contributed by atoms with Crippen molar-refractivity contribution in [2.24, 2.45) is 29.4 Å². The lowest BCUT2D eigenvalue weighted by molar-refractivity contribution is 0.341. The Morgan fingerprint density at radius 1 is 1.27 bits per heavy atom. The molecule has 0 spiro atoms. The van der Waals surface area contributed by atoms with E-state index >= 15 is 0 Å². The van der Waals surface area contributed by atoms with E-state index < -0.39 is 0 Å². The van der Waals surface area contributed by atoms with Gasteiger partial charge in [-0.2, -0.15) is 0 Å². The maximum atomic E-state index is 6.09. The Kier molecular flexibility index (Phi) is 2.04. The normalized spacial score (nSPS) is 46.1. The predicted molar refractivity (Wildman–Crippen MR) is 49.2 cm³/mol. The largest absolute Gasteiger partial charge is 0.325 e. The van der Waals surface area contributed by atoms with E-state index in [1.165, 1.54) is 0 Å². The van der Waals surface area contributed by atoms with Gasteiger partial charge in [-0.3, -0.25) is 0 Å². The van der Waals surface area contributed by atoms with E-state index in [4.69, 9.17) is 5.73 Å². The number of hydrogen-bond acceptors (Lipinski definition) is 1. The first kappa shape index (κ1) is 9.05. The van der Waals surface area contributed by atoms with E-state index in [2.05, 4.69) is 34.6 Å². The molecule has 1 rings (SSSR count). The quantitative estimate of drug-likeness (QED) is 0.650. The zero-order valence-electron chi connectivity index (χ0n) is 8.39. The molecule has 1 heteroatoms. The van der Waals surface area contributed by atoms with Gasteiger partial charge in [-0.25, -0.2) is 0 Å². The minimum absolute atomic E-state index is 0.129. The van der Waals surface area contributed by atoms with Gasteiger partial charge < -0.3 is 5.73 Å². The molecule has 2 N–H and O–H groups in total. The van der Waals surface area contributed by atoms with Crippen molar-refractivity contribution in [3.63, 3.8) is 0 Å². The van der Waals surface area contributed by atoms with Gasteiger partial charge in [-0.15, -0.1) is 0 Å². The fraction of sp³-hybridized carbons (Fsp3) is 1.00. The van der Waals surface area contributed by atoms with Crippen LogP contribution in [0.15, 0.2) is 0 Å². The monoisotopic (exact) mass is 155 g/mol. The molecule has 0 aromatic rings. The van der Waals surface area contributed by atoms with Crippen LogP contribution in [0.25, 0.3) is 0 Å². The molecule has 0 amide bonds. The molecule has 0 aromatic carbocycles. The highest BCUT2D eigenvalue weighted by Gasteiger charge is 2.57. The SMILES string of the molecule is CC(C)C(C)C1C(C)C1(C)N. The van der Waals surface area contributed by atoms with E-state index in [9.17, 15) is 0 Å². The molecule has 4 atom stereocenters. The summed E-state index contributed by atoms with van der Waals surface area (Å²) in [6.07, 6.45) is 0. The Bertz CT molecular complexity index is 149. The number of nitrogens with two attached hydrogens (primary N) is 1. The summed E-state index contributed by atoms with van der Waals surface area (Å²) in [7, 11) is 0. The van der Waals surface area contributed by atoms with Crippen LogP contribution in [-0.2, 0) is 0 Å². The van der Waals surface area contributed by atoms with Crippen molar-refractivity contribution in [2.75, 3.05) is 0 Å². The summed E-state index contributed by atoms with van der Waals surface area (Å²) in [4.78, 5) is 0. The lowest BCUT2D eigenvalue weighted by atomic mass is 9.91. The summed E-state index contributed by atoms with van der Waals surface area (Å²) in [5.41, 5.74) is 6.22. The van der Waals surface area contributed by atoms with Crippen LogP contribution in [0.5, 0.6) is 0 Å². The number of hydrogen-bond donors (Lipinski definition) is 1. The van der Waals surface area contributed by atoms with Gasteiger partial charge in [0.25, 0.3) is 0 Å². The molecule has 0 aromatic heterocycles. The predicted octanol–water partition coefficient (Wildman–Crippen LogP) is 2.26. The fourth-order valence-electron chi connectivity index (χ4n) is 2.23. The maximum absolute atomic E-state index is 6.09. The van der Waals surface area contributed by atoms with Crippen LogP contribution in [-0.4, -0.2) is 5.54 Å². The van der Waals surface area contributed by atoms with Crippen LogP contribution in [0.2, 0.25) is 0 Å². The van der Waals surface area contributed by atoms with Crippen LogP contribution >= 0.6 is 0 Å². The van der Waals surface area contributed by atoms with Crippen molar-refractivity contribution < 1.29 is 0 Å². The molecule has 11 heavy (non-hydrogen) atoms. The minimum Gasteiger partial charge on any atom is -0.325 e. The fourth-order valence-corrected chi connectivity index (χ4v) is 2.23. The van der Waals surface area contributed by atoms with Gasteiger partial charge in [0.1, 0.15) is 0 Å². The van der Waals surface area contributed by atoms with Gasteiger partial charge >= 0.3 is 0 Å². The van der Waals surface area contributed by atoms with Crippen molar-refractivity contribution in [1.29, 1.82) is 0 Å². The minimum atomic E-state index is 0.129. The van der Waals surface area contributed by atoms with E-state index in [0.29, 0.717) is 0 Å². The first-order valence-corrected chi connectivity index (χ1v) is 4.68. The summed E-state index contributed by atoms with van der Waals surface area (Å²) in [6, 6.07) is 0. The third-order valence-corrected chi connectivity index (χ3v) is 3.75. The van der Waals surface area contributed by atoms with Crippen LogP contribution in [0.3, 0.4) is 0 Å². The summed E-state index contributed by atoms with van der Waals surface area (Å²) >= 11 is 0. The molecule has 1 aliphatic carbocycles. The Morgan fingerprint density at radius 2 is 1.64 bits per heavy atom. The zero-order chi connectivity index (χ0) is 8.81. The van der Waals surface area contributed by atoms with Crippen molar-refractivity contribution >= 4 is 0 Å². The second-order valence-corrected chi connectivity index (χ2v) is 4.78. The molecule has 0 heterocycles. The Balaban J connectivity index is 2.53. The van der Waals surface area contributed by atoms with Crippen LogP contribution in [0.4, 0.5) is 0 Å². The maximum Gasteiger partial charge on any atom is 0.0189 e. The first-order valence-electron chi connectivity index (χ1n) is 4.68. The van der Waals surface area contributed by atoms with E-state index in [1.54, 1.807) is 0 Å². The van der Waals surface area contributed by atoms with E-state index in [0.717, 1.165) is 23.7 Å². The third kappa shape index (κ3) is 1.31. The van der Waals surface area contributed by atoms with E-state index in [1.807, 2.05) is 0 Å². The highest BCUT2D eigenvalue weighted by Crippen LogP contribution is 2.53. The van der Waals surface area contributed by atoms with Gasteiger partial charge in [0.05, 0.1) is 0 Å². The van der Waals surface area contributed by atoms with Crippen molar-refractivity contribution in [3.05, 3.63) is 0 Å². The zero-order valence-corrected chi connectivity index (χ0v) is 8.39. The smallest absolute Gasteiger partial charge is 0.0189 e. The summed E-state index contributed by atoms with van der Waals surface area (Å²) in [5.74, 6) is 3.02. The summed E-state index contributed by atoms with van der Waals surface area (Å²) < 4.78 is 0. The molecule has 0 saturated heterocycles. The molecular formula is C10H21N. The average molecular weight is 155 g/mol. The van der Waals surface area contributed by atoms with Crippen LogP contribution in [0.1, 0.15) is 34.6 Å². The molecule has 66 valence electrons. The molecule has 0 bridgehead atoms. The van der Waals surface area contributed by atoms with Gasteiger partial charge in [-0.1, -0.05) is 27.7 Å².